The van der Waals surface area contributed by atoms with E-state index in [2.05, 4.69) is 0 Å². The third kappa shape index (κ3) is 3.86. The van der Waals surface area contributed by atoms with Gasteiger partial charge in [0.05, 0.1) is 17.6 Å². The van der Waals surface area contributed by atoms with Crippen LogP contribution in [0.25, 0.3) is 12.2 Å². The number of nitrogen functional groups attached to an aromatic ring is 1. The largest absolute Gasteiger partial charge is 0.397 e. The molecule has 0 aliphatic heterocycles. The van der Waals surface area contributed by atoms with Gasteiger partial charge < -0.3 is 5.73 Å². The predicted molar refractivity (Wildman–Crippen MR) is 89.5 cm³/mol. The van der Waals surface area contributed by atoms with Crippen LogP contribution >= 0.6 is 0 Å². The summed E-state index contributed by atoms with van der Waals surface area (Å²) in [6, 6.07) is 15.2. The second-order valence-electron chi connectivity index (χ2n) is 4.79. The van der Waals surface area contributed by atoms with Crippen molar-refractivity contribution in [1.29, 1.82) is 0 Å². The first-order chi connectivity index (χ1) is 9.88. The number of nitrogens with two attached hydrogens (primary N) is 1. The molecule has 5 heteroatoms. The molecular formula is C16H18N2O2S. The highest BCUT2D eigenvalue weighted by atomic mass is 32.2. The fraction of sp³-hybridized carbons (Fsp3) is 0.125. The third-order valence-corrected chi connectivity index (χ3v) is 4.35. The maximum Gasteiger partial charge on any atom is 0.232 e. The van der Waals surface area contributed by atoms with Gasteiger partial charge in [-0.15, -0.1) is 0 Å². The Kier molecular flexibility index (Phi) is 4.33. The maximum absolute atomic E-state index is 11.5. The van der Waals surface area contributed by atoms with Gasteiger partial charge in [0.2, 0.25) is 10.0 Å². The number of benzene rings is 2. The van der Waals surface area contributed by atoms with Crippen molar-refractivity contribution in [3.63, 3.8) is 0 Å². The standard InChI is InChI=1S/C16H18N2O2S/c1-18(21(2,19)20)16-11-10-14(12-15(16)17)9-8-13-6-4-3-5-7-13/h3-12H,17H2,1-2H3/b9-8+. The van der Waals surface area contributed by atoms with Crippen LogP contribution < -0.4 is 10.0 Å². The second kappa shape index (κ2) is 6.01. The Morgan fingerprint density at radius 2 is 1.62 bits per heavy atom. The molecule has 0 heterocycles. The summed E-state index contributed by atoms with van der Waals surface area (Å²) in [5.41, 5.74) is 8.87. The minimum atomic E-state index is -3.31. The highest BCUT2D eigenvalue weighted by molar-refractivity contribution is 7.92. The molecule has 2 rings (SSSR count). The molecule has 21 heavy (non-hydrogen) atoms. The van der Waals surface area contributed by atoms with Crippen LogP contribution in [0.3, 0.4) is 0 Å². The lowest BCUT2D eigenvalue weighted by molar-refractivity contribution is 0.600. The Balaban J connectivity index is 2.26. The van der Waals surface area contributed by atoms with Gasteiger partial charge in [-0.1, -0.05) is 48.6 Å². The summed E-state index contributed by atoms with van der Waals surface area (Å²) in [7, 11) is -1.82. The summed E-state index contributed by atoms with van der Waals surface area (Å²) in [6.07, 6.45) is 5.07. The van der Waals surface area contributed by atoms with E-state index in [-0.39, 0.29) is 0 Å². The third-order valence-electron chi connectivity index (χ3n) is 3.16. The van der Waals surface area contributed by atoms with E-state index >= 15 is 0 Å². The van der Waals surface area contributed by atoms with E-state index in [4.69, 9.17) is 5.73 Å². The molecular weight excluding hydrogens is 284 g/mol. The summed E-state index contributed by atoms with van der Waals surface area (Å²) in [5.74, 6) is 0. The van der Waals surface area contributed by atoms with Crippen molar-refractivity contribution in [3.8, 4) is 0 Å². The smallest absolute Gasteiger partial charge is 0.232 e. The zero-order chi connectivity index (χ0) is 15.5. The van der Waals surface area contributed by atoms with E-state index in [9.17, 15) is 8.42 Å². The first-order valence-corrected chi connectivity index (χ1v) is 8.29. The molecule has 0 saturated carbocycles. The minimum Gasteiger partial charge on any atom is -0.397 e. The Morgan fingerprint density at radius 1 is 1.00 bits per heavy atom. The van der Waals surface area contributed by atoms with Gasteiger partial charge in [0, 0.05) is 7.05 Å². The molecule has 110 valence electrons. The highest BCUT2D eigenvalue weighted by Crippen LogP contribution is 2.25. The van der Waals surface area contributed by atoms with Gasteiger partial charge in [-0.2, -0.15) is 0 Å². The van der Waals surface area contributed by atoms with Gasteiger partial charge in [-0.3, -0.25) is 4.31 Å². The van der Waals surface area contributed by atoms with Gasteiger partial charge in [-0.05, 0) is 23.3 Å². The topological polar surface area (TPSA) is 63.4 Å². The molecule has 0 aromatic heterocycles. The Hall–Kier alpha value is -2.27. The quantitative estimate of drug-likeness (QED) is 0.697. The molecule has 0 saturated heterocycles. The lowest BCUT2D eigenvalue weighted by Crippen LogP contribution is -2.25. The highest BCUT2D eigenvalue weighted by Gasteiger charge is 2.14. The van der Waals surface area contributed by atoms with Crippen LogP contribution in [-0.4, -0.2) is 21.7 Å². The molecule has 4 nitrogen and oxygen atoms in total. The summed E-state index contributed by atoms with van der Waals surface area (Å²) < 4.78 is 24.2. The van der Waals surface area contributed by atoms with E-state index in [1.54, 1.807) is 12.1 Å². The molecule has 0 fully saturated rings. The maximum atomic E-state index is 11.5. The van der Waals surface area contributed by atoms with Crippen LogP contribution in [0.2, 0.25) is 0 Å². The molecule has 0 atom stereocenters. The van der Waals surface area contributed by atoms with Crippen molar-refractivity contribution in [3.05, 3.63) is 59.7 Å². The van der Waals surface area contributed by atoms with E-state index < -0.39 is 10.0 Å². The van der Waals surface area contributed by atoms with Crippen LogP contribution in [0.4, 0.5) is 11.4 Å². The molecule has 0 spiro atoms. The second-order valence-corrected chi connectivity index (χ2v) is 6.81. The summed E-state index contributed by atoms with van der Waals surface area (Å²) in [4.78, 5) is 0. The summed E-state index contributed by atoms with van der Waals surface area (Å²) in [5, 5.41) is 0. The van der Waals surface area contributed by atoms with E-state index in [0.717, 1.165) is 17.4 Å². The first kappa shape index (κ1) is 15.1. The fourth-order valence-electron chi connectivity index (χ4n) is 1.90. The van der Waals surface area contributed by atoms with E-state index in [0.29, 0.717) is 11.4 Å². The summed E-state index contributed by atoms with van der Waals surface area (Å²) >= 11 is 0. The monoisotopic (exact) mass is 302 g/mol. The van der Waals surface area contributed by atoms with Crippen LogP contribution in [0.15, 0.2) is 48.5 Å². The molecule has 2 aromatic rings. The average molecular weight is 302 g/mol. The number of nitrogens with zero attached hydrogens (tertiary/aromatic N) is 1. The SMILES string of the molecule is CN(c1ccc(/C=C/c2ccccc2)cc1N)S(C)(=O)=O. The molecule has 2 N–H and O–H groups in total. The van der Waals surface area contributed by atoms with Crippen molar-refractivity contribution in [2.24, 2.45) is 0 Å². The van der Waals surface area contributed by atoms with Gasteiger partial charge >= 0.3 is 0 Å². The van der Waals surface area contributed by atoms with Crippen molar-refractivity contribution in [2.45, 2.75) is 0 Å². The number of hydrogen-bond donors (Lipinski definition) is 1. The molecule has 0 unspecified atom stereocenters. The zero-order valence-electron chi connectivity index (χ0n) is 12.0. The summed E-state index contributed by atoms with van der Waals surface area (Å²) in [6.45, 7) is 0. The molecule has 0 aliphatic rings. The molecule has 2 aromatic carbocycles. The van der Waals surface area contributed by atoms with Gasteiger partial charge in [0.15, 0.2) is 0 Å². The first-order valence-electron chi connectivity index (χ1n) is 6.44. The average Bonchev–Trinajstić information content (AvgIpc) is 2.45. The van der Waals surface area contributed by atoms with E-state index in [1.807, 2.05) is 48.6 Å². The predicted octanol–water partition coefficient (Wildman–Crippen LogP) is 2.83. The van der Waals surface area contributed by atoms with Crippen molar-refractivity contribution >= 4 is 33.6 Å². The Labute approximate surface area is 125 Å². The normalized spacial score (nSPS) is 11.7. The number of anilines is 2. The molecule has 0 radical (unpaired) electrons. The lowest BCUT2D eigenvalue weighted by Gasteiger charge is -2.18. The van der Waals surface area contributed by atoms with Crippen molar-refractivity contribution in [1.82, 2.24) is 0 Å². The zero-order valence-corrected chi connectivity index (χ0v) is 12.8. The van der Waals surface area contributed by atoms with Crippen LogP contribution in [0, 0.1) is 0 Å². The van der Waals surface area contributed by atoms with Gasteiger partial charge in [0.25, 0.3) is 0 Å². The van der Waals surface area contributed by atoms with Gasteiger partial charge in [0.1, 0.15) is 0 Å². The minimum absolute atomic E-state index is 0.429. The van der Waals surface area contributed by atoms with Crippen molar-refractivity contribution < 1.29 is 8.42 Å². The lowest BCUT2D eigenvalue weighted by atomic mass is 10.1. The van der Waals surface area contributed by atoms with Gasteiger partial charge in [-0.25, -0.2) is 8.42 Å². The Bertz CT molecular complexity index is 753. The molecule has 0 amide bonds. The van der Waals surface area contributed by atoms with Crippen LogP contribution in [0.5, 0.6) is 0 Å². The fourth-order valence-corrected chi connectivity index (χ4v) is 2.42. The number of hydrogen-bond acceptors (Lipinski definition) is 3. The number of sulfonamides is 1. The van der Waals surface area contributed by atoms with Crippen LogP contribution in [-0.2, 0) is 10.0 Å². The van der Waals surface area contributed by atoms with E-state index in [1.165, 1.54) is 11.4 Å². The van der Waals surface area contributed by atoms with Crippen LogP contribution in [0.1, 0.15) is 11.1 Å². The van der Waals surface area contributed by atoms with Crippen molar-refractivity contribution in [2.75, 3.05) is 23.3 Å². The Morgan fingerprint density at radius 3 is 2.19 bits per heavy atom. The number of rotatable bonds is 4. The molecule has 0 bridgehead atoms. The molecule has 0 aliphatic carbocycles.